The normalized spacial score (nSPS) is 20.1. The van der Waals surface area contributed by atoms with Crippen molar-refractivity contribution in [1.82, 2.24) is 6.15 Å². The second-order valence-corrected chi connectivity index (χ2v) is 2.72. The molecule has 1 fully saturated rings. The van der Waals surface area contributed by atoms with Gasteiger partial charge in [-0.25, -0.2) is 0 Å². The molecule has 0 radical (unpaired) electrons. The van der Waals surface area contributed by atoms with E-state index >= 15 is 0 Å². The monoisotopic (exact) mass is 145 g/mol. The van der Waals surface area contributed by atoms with Gasteiger partial charge in [-0.2, -0.15) is 0 Å². The third-order valence-electron chi connectivity index (χ3n) is 1.95. The van der Waals surface area contributed by atoms with Crippen LogP contribution in [-0.2, 0) is 4.74 Å². The summed E-state index contributed by atoms with van der Waals surface area (Å²) in [6.45, 7) is 2.97. The highest BCUT2D eigenvalue weighted by molar-refractivity contribution is 4.64. The molecule has 1 aliphatic carbocycles. The SMILES string of the molecule is CCOC1CCCCC1.N. The molecule has 10 heavy (non-hydrogen) atoms. The van der Waals surface area contributed by atoms with Gasteiger partial charge in [-0.15, -0.1) is 0 Å². The molecule has 0 amide bonds. The second-order valence-electron chi connectivity index (χ2n) is 2.72. The lowest BCUT2D eigenvalue weighted by Gasteiger charge is -2.20. The third-order valence-corrected chi connectivity index (χ3v) is 1.95. The summed E-state index contributed by atoms with van der Waals surface area (Å²) in [5.74, 6) is 0. The summed E-state index contributed by atoms with van der Waals surface area (Å²) in [4.78, 5) is 0. The van der Waals surface area contributed by atoms with Crippen LogP contribution in [0, 0.1) is 0 Å². The molecule has 0 aromatic heterocycles. The Morgan fingerprint density at radius 1 is 1.20 bits per heavy atom. The van der Waals surface area contributed by atoms with Crippen LogP contribution in [0.15, 0.2) is 0 Å². The molecule has 3 N–H and O–H groups in total. The zero-order chi connectivity index (χ0) is 6.53. The van der Waals surface area contributed by atoms with E-state index in [2.05, 4.69) is 6.92 Å². The molecular weight excluding hydrogens is 126 g/mol. The Balaban J connectivity index is 0.000000810. The maximum Gasteiger partial charge on any atom is 0.0575 e. The van der Waals surface area contributed by atoms with Crippen molar-refractivity contribution in [3.05, 3.63) is 0 Å². The molecule has 2 nitrogen and oxygen atoms in total. The molecule has 1 saturated carbocycles. The van der Waals surface area contributed by atoms with Crippen LogP contribution in [0.2, 0.25) is 0 Å². The summed E-state index contributed by atoms with van der Waals surface area (Å²) in [5.41, 5.74) is 0. The molecule has 0 aromatic carbocycles. The zero-order valence-electron chi connectivity index (χ0n) is 6.94. The fourth-order valence-electron chi connectivity index (χ4n) is 1.47. The quantitative estimate of drug-likeness (QED) is 0.648. The van der Waals surface area contributed by atoms with Gasteiger partial charge in [0, 0.05) is 6.61 Å². The van der Waals surface area contributed by atoms with Crippen molar-refractivity contribution in [2.24, 2.45) is 0 Å². The lowest BCUT2D eigenvalue weighted by molar-refractivity contribution is 0.0368. The Morgan fingerprint density at radius 2 is 1.80 bits per heavy atom. The van der Waals surface area contributed by atoms with Gasteiger partial charge in [0.15, 0.2) is 0 Å². The molecule has 0 atom stereocenters. The van der Waals surface area contributed by atoms with Gasteiger partial charge in [0.25, 0.3) is 0 Å². The van der Waals surface area contributed by atoms with Gasteiger partial charge in [0.2, 0.25) is 0 Å². The van der Waals surface area contributed by atoms with E-state index in [9.17, 15) is 0 Å². The van der Waals surface area contributed by atoms with Crippen molar-refractivity contribution in [2.75, 3.05) is 6.61 Å². The Morgan fingerprint density at radius 3 is 2.30 bits per heavy atom. The van der Waals surface area contributed by atoms with Gasteiger partial charge in [0.05, 0.1) is 6.10 Å². The van der Waals surface area contributed by atoms with E-state index in [1.807, 2.05) is 0 Å². The van der Waals surface area contributed by atoms with E-state index in [-0.39, 0.29) is 6.15 Å². The van der Waals surface area contributed by atoms with E-state index in [0.29, 0.717) is 6.10 Å². The van der Waals surface area contributed by atoms with Crippen LogP contribution >= 0.6 is 0 Å². The maximum absolute atomic E-state index is 5.48. The molecule has 1 aliphatic rings. The number of rotatable bonds is 2. The fraction of sp³-hybridized carbons (Fsp3) is 1.00. The molecule has 0 heterocycles. The van der Waals surface area contributed by atoms with E-state index in [1.54, 1.807) is 0 Å². The second kappa shape index (κ2) is 5.69. The lowest BCUT2D eigenvalue weighted by Crippen LogP contribution is -2.15. The molecule has 62 valence electrons. The van der Waals surface area contributed by atoms with E-state index in [0.717, 1.165) is 6.61 Å². The van der Waals surface area contributed by atoms with Crippen LogP contribution in [-0.4, -0.2) is 12.7 Å². The average Bonchev–Trinajstić information content (AvgIpc) is 1.91. The predicted octanol–water partition coefficient (Wildman–Crippen LogP) is 2.52. The summed E-state index contributed by atoms with van der Waals surface area (Å²) >= 11 is 0. The Bertz CT molecular complexity index is 66.9. The largest absolute Gasteiger partial charge is 0.379 e. The molecule has 1 rings (SSSR count). The third kappa shape index (κ3) is 3.18. The Kier molecular flexibility index (Phi) is 5.64. The van der Waals surface area contributed by atoms with Gasteiger partial charge >= 0.3 is 0 Å². The van der Waals surface area contributed by atoms with E-state index < -0.39 is 0 Å². The summed E-state index contributed by atoms with van der Waals surface area (Å²) < 4.78 is 5.48. The summed E-state index contributed by atoms with van der Waals surface area (Å²) in [5, 5.41) is 0. The van der Waals surface area contributed by atoms with Crippen LogP contribution < -0.4 is 6.15 Å². The van der Waals surface area contributed by atoms with Crippen molar-refractivity contribution in [3.8, 4) is 0 Å². The molecule has 0 aromatic rings. The number of hydrogen-bond donors (Lipinski definition) is 1. The smallest absolute Gasteiger partial charge is 0.0575 e. The molecule has 0 spiro atoms. The molecule has 0 saturated heterocycles. The van der Waals surface area contributed by atoms with Crippen LogP contribution in [0.25, 0.3) is 0 Å². The van der Waals surface area contributed by atoms with Gasteiger partial charge < -0.3 is 10.9 Å². The van der Waals surface area contributed by atoms with Crippen LogP contribution in [0.5, 0.6) is 0 Å². The minimum Gasteiger partial charge on any atom is -0.379 e. The predicted molar refractivity (Wildman–Crippen MR) is 43.5 cm³/mol. The molecule has 0 aliphatic heterocycles. The van der Waals surface area contributed by atoms with Crippen molar-refractivity contribution < 1.29 is 4.74 Å². The zero-order valence-corrected chi connectivity index (χ0v) is 6.94. The van der Waals surface area contributed by atoms with Gasteiger partial charge in [-0.3, -0.25) is 0 Å². The first-order valence-corrected chi connectivity index (χ1v) is 4.05. The van der Waals surface area contributed by atoms with E-state index in [4.69, 9.17) is 4.74 Å². The highest BCUT2D eigenvalue weighted by Gasteiger charge is 2.11. The summed E-state index contributed by atoms with van der Waals surface area (Å²) in [6, 6.07) is 0. The standard InChI is InChI=1S/C8H16O.H3N/c1-2-9-8-6-4-3-5-7-8;/h8H,2-7H2,1H3;1H3. The highest BCUT2D eigenvalue weighted by atomic mass is 16.5. The van der Waals surface area contributed by atoms with Crippen LogP contribution in [0.3, 0.4) is 0 Å². The van der Waals surface area contributed by atoms with Gasteiger partial charge in [0.1, 0.15) is 0 Å². The highest BCUT2D eigenvalue weighted by Crippen LogP contribution is 2.19. The fourth-order valence-corrected chi connectivity index (χ4v) is 1.47. The summed E-state index contributed by atoms with van der Waals surface area (Å²) in [7, 11) is 0. The van der Waals surface area contributed by atoms with Crippen molar-refractivity contribution >= 4 is 0 Å². The molecule has 0 bridgehead atoms. The first kappa shape index (κ1) is 9.92. The number of ether oxygens (including phenoxy) is 1. The average molecular weight is 145 g/mol. The minimum atomic E-state index is 0. The van der Waals surface area contributed by atoms with Crippen LogP contribution in [0.4, 0.5) is 0 Å². The van der Waals surface area contributed by atoms with E-state index in [1.165, 1.54) is 32.1 Å². The summed E-state index contributed by atoms with van der Waals surface area (Å²) in [6.07, 6.45) is 7.38. The van der Waals surface area contributed by atoms with Gasteiger partial charge in [-0.1, -0.05) is 19.3 Å². The molecule has 0 unspecified atom stereocenters. The van der Waals surface area contributed by atoms with Crippen LogP contribution in [0.1, 0.15) is 39.0 Å². The minimum absolute atomic E-state index is 0. The molecule has 2 heteroatoms. The van der Waals surface area contributed by atoms with Crippen molar-refractivity contribution in [3.63, 3.8) is 0 Å². The molecular formula is C8H19NO. The van der Waals surface area contributed by atoms with Gasteiger partial charge in [-0.05, 0) is 19.8 Å². The Hall–Kier alpha value is -0.0800. The number of hydrogen-bond acceptors (Lipinski definition) is 2. The maximum atomic E-state index is 5.48. The first-order chi connectivity index (χ1) is 4.43. The first-order valence-electron chi connectivity index (χ1n) is 4.05. The van der Waals surface area contributed by atoms with Crippen molar-refractivity contribution in [2.45, 2.75) is 45.1 Å². The lowest BCUT2D eigenvalue weighted by atomic mass is 9.98. The Labute approximate surface area is 63.5 Å². The van der Waals surface area contributed by atoms with Crippen molar-refractivity contribution in [1.29, 1.82) is 0 Å². The topological polar surface area (TPSA) is 44.2 Å².